The lowest BCUT2D eigenvalue weighted by Gasteiger charge is -2.41. The van der Waals surface area contributed by atoms with Crippen molar-refractivity contribution < 1.29 is 13.6 Å². The van der Waals surface area contributed by atoms with Crippen molar-refractivity contribution >= 4 is 34.4 Å². The van der Waals surface area contributed by atoms with Crippen molar-refractivity contribution in [2.45, 2.75) is 57.0 Å². The number of nitrogens with zero attached hydrogens (tertiary/aromatic N) is 5. The number of hydrogen-bond acceptors (Lipinski definition) is 6. The van der Waals surface area contributed by atoms with Gasteiger partial charge in [-0.25, -0.2) is 13.6 Å². The summed E-state index contributed by atoms with van der Waals surface area (Å²) in [5, 5.41) is 0.853. The molecule has 3 aliphatic heterocycles. The van der Waals surface area contributed by atoms with Gasteiger partial charge in [-0.2, -0.15) is 4.98 Å². The van der Waals surface area contributed by atoms with E-state index >= 15 is 4.39 Å². The molecule has 0 unspecified atom stereocenters. The van der Waals surface area contributed by atoms with Gasteiger partial charge in [0.1, 0.15) is 17.5 Å². The summed E-state index contributed by atoms with van der Waals surface area (Å²) in [5.74, 6) is 0.455. The number of hydrogen-bond donors (Lipinski definition) is 0. The van der Waals surface area contributed by atoms with Crippen molar-refractivity contribution in [1.29, 1.82) is 0 Å². The molecule has 0 N–H and O–H groups in total. The minimum atomic E-state index is -0.623. The first-order valence-corrected chi connectivity index (χ1v) is 16.3. The predicted octanol–water partition coefficient (Wildman–Crippen LogP) is 5.64. The Morgan fingerprint density at radius 3 is 2.60 bits per heavy atom. The Labute approximate surface area is 255 Å². The van der Waals surface area contributed by atoms with E-state index in [9.17, 15) is 14.0 Å². The molecule has 43 heavy (non-hydrogen) atoms. The molecule has 10 heteroatoms. The van der Waals surface area contributed by atoms with Gasteiger partial charge < -0.3 is 14.7 Å². The Balaban J connectivity index is 1.49. The van der Waals surface area contributed by atoms with Crippen molar-refractivity contribution in [3.8, 4) is 11.1 Å². The average molecular weight is 608 g/mol. The molecule has 1 amide bonds. The summed E-state index contributed by atoms with van der Waals surface area (Å²) < 4.78 is 31.0. The Morgan fingerprint density at radius 1 is 1.16 bits per heavy atom. The van der Waals surface area contributed by atoms with Gasteiger partial charge in [0.25, 0.3) is 0 Å². The molecule has 2 atom stereocenters. The van der Waals surface area contributed by atoms with E-state index in [2.05, 4.69) is 23.3 Å². The zero-order valence-corrected chi connectivity index (χ0v) is 25.9. The number of thioether (sulfide) groups is 1. The topological polar surface area (TPSA) is 61.7 Å². The molecule has 3 aliphatic rings. The number of piperidine rings is 1. The lowest BCUT2D eigenvalue weighted by Crippen LogP contribution is -2.54. The van der Waals surface area contributed by atoms with E-state index < -0.39 is 11.6 Å². The van der Waals surface area contributed by atoms with Crippen molar-refractivity contribution in [1.82, 2.24) is 19.4 Å². The highest BCUT2D eigenvalue weighted by Gasteiger charge is 2.34. The van der Waals surface area contributed by atoms with Crippen LogP contribution in [0.25, 0.3) is 22.0 Å². The molecular formula is C33H39F2N5O2S. The maximum atomic E-state index is 15.2. The minimum Gasteiger partial charge on any atom is -0.350 e. The van der Waals surface area contributed by atoms with Gasteiger partial charge >= 0.3 is 5.69 Å². The summed E-state index contributed by atoms with van der Waals surface area (Å²) in [6.45, 7) is 14.5. The van der Waals surface area contributed by atoms with Gasteiger partial charge in [-0.15, -0.1) is 11.8 Å². The van der Waals surface area contributed by atoms with E-state index in [0.717, 1.165) is 66.3 Å². The Kier molecular flexibility index (Phi) is 8.35. The van der Waals surface area contributed by atoms with Crippen LogP contribution in [0, 0.1) is 24.5 Å². The molecule has 0 spiro atoms. The van der Waals surface area contributed by atoms with E-state index in [1.54, 1.807) is 16.7 Å². The molecule has 0 saturated carbocycles. The number of anilines is 1. The van der Waals surface area contributed by atoms with E-state index in [0.29, 0.717) is 48.2 Å². The van der Waals surface area contributed by atoms with Crippen LogP contribution in [0.1, 0.15) is 44.7 Å². The van der Waals surface area contributed by atoms with Crippen LogP contribution < -0.4 is 10.6 Å². The Bertz CT molecular complexity index is 1630. The van der Waals surface area contributed by atoms with Gasteiger partial charge in [0, 0.05) is 64.9 Å². The summed E-state index contributed by atoms with van der Waals surface area (Å²) >= 11 is 1.66. The van der Waals surface area contributed by atoms with E-state index in [1.807, 2.05) is 24.5 Å². The van der Waals surface area contributed by atoms with Crippen molar-refractivity contribution in [2.24, 2.45) is 5.92 Å². The maximum absolute atomic E-state index is 15.2. The second-order valence-electron chi connectivity index (χ2n) is 12.1. The quantitative estimate of drug-likeness (QED) is 0.338. The second kappa shape index (κ2) is 12.0. The molecule has 7 nitrogen and oxygen atoms in total. The summed E-state index contributed by atoms with van der Waals surface area (Å²) in [5.41, 5.74) is 2.35. The number of aryl methyl sites for hydroxylation is 1. The number of rotatable bonds is 6. The van der Waals surface area contributed by atoms with Gasteiger partial charge in [-0.3, -0.25) is 9.36 Å². The largest absolute Gasteiger partial charge is 0.350 e. The molecule has 6 rings (SSSR count). The van der Waals surface area contributed by atoms with Gasteiger partial charge in [0.15, 0.2) is 0 Å². The predicted molar refractivity (Wildman–Crippen MR) is 169 cm³/mol. The first-order chi connectivity index (χ1) is 20.7. The number of likely N-dealkylation sites (tertiary alicyclic amines) is 1. The summed E-state index contributed by atoms with van der Waals surface area (Å²) in [4.78, 5) is 38.3. The number of aromatic nitrogens is 2. The normalized spacial score (nSPS) is 21.4. The third-order valence-electron chi connectivity index (χ3n) is 9.47. The molecule has 0 bridgehead atoms. The zero-order chi connectivity index (χ0) is 30.4. The molecule has 1 aromatic heterocycles. The van der Waals surface area contributed by atoms with E-state index in [4.69, 9.17) is 4.98 Å². The molecule has 2 aromatic carbocycles. The molecule has 0 aliphatic carbocycles. The van der Waals surface area contributed by atoms with E-state index in [1.165, 1.54) is 18.2 Å². The van der Waals surface area contributed by atoms with Crippen LogP contribution in [0.3, 0.4) is 0 Å². The SMILES string of the molecule is C=CC(=O)N1CCN(c2nc(=O)n3c4c(c(-c5ccc(F)cc5F)c(C)cc24)SC[C@@H]3CC2CCN(CC)CC2)[C@@H](C)C1. The van der Waals surface area contributed by atoms with Gasteiger partial charge in [0.2, 0.25) is 5.91 Å². The number of piperazine rings is 1. The third kappa shape index (κ3) is 5.48. The third-order valence-corrected chi connectivity index (χ3v) is 10.7. The van der Waals surface area contributed by atoms with Crippen molar-refractivity contribution in [3.63, 3.8) is 0 Å². The molecule has 228 valence electrons. The molecule has 4 heterocycles. The van der Waals surface area contributed by atoms with Crippen molar-refractivity contribution in [2.75, 3.05) is 49.9 Å². The highest BCUT2D eigenvalue weighted by atomic mass is 32.2. The highest BCUT2D eigenvalue weighted by molar-refractivity contribution is 7.99. The monoisotopic (exact) mass is 607 g/mol. The van der Waals surface area contributed by atoms with E-state index in [-0.39, 0.29) is 23.7 Å². The highest BCUT2D eigenvalue weighted by Crippen LogP contribution is 2.47. The summed E-state index contributed by atoms with van der Waals surface area (Å²) in [6, 6.07) is 5.60. The number of carbonyl (C=O) groups excluding carboxylic acids is 1. The smallest absolute Gasteiger partial charge is 0.350 e. The average Bonchev–Trinajstić information content (AvgIpc) is 3.00. The van der Waals surface area contributed by atoms with Crippen LogP contribution in [-0.4, -0.2) is 76.3 Å². The number of amides is 1. The molecule has 2 fully saturated rings. The van der Waals surface area contributed by atoms with Crippen LogP contribution in [-0.2, 0) is 4.79 Å². The number of carbonyl (C=O) groups is 1. The van der Waals surface area contributed by atoms with Gasteiger partial charge in [0.05, 0.1) is 5.52 Å². The lowest BCUT2D eigenvalue weighted by atomic mass is 9.90. The number of halogens is 2. The lowest BCUT2D eigenvalue weighted by molar-refractivity contribution is -0.126. The first-order valence-electron chi connectivity index (χ1n) is 15.3. The van der Waals surface area contributed by atoms with Crippen LogP contribution in [0.15, 0.2) is 46.6 Å². The second-order valence-corrected chi connectivity index (χ2v) is 13.1. The fourth-order valence-electron chi connectivity index (χ4n) is 7.16. The number of benzene rings is 2. The van der Waals surface area contributed by atoms with Crippen molar-refractivity contribution in [3.05, 3.63) is 64.6 Å². The Hall–Kier alpha value is -3.24. The summed E-state index contributed by atoms with van der Waals surface area (Å²) in [7, 11) is 0. The minimum absolute atomic E-state index is 0.0275. The van der Waals surface area contributed by atoms with Crippen LogP contribution in [0.2, 0.25) is 0 Å². The molecular weight excluding hydrogens is 568 g/mol. The van der Waals surface area contributed by atoms with Gasteiger partial charge in [-0.05, 0) is 88.5 Å². The molecule has 0 radical (unpaired) electrons. The van der Waals surface area contributed by atoms with Gasteiger partial charge in [-0.1, -0.05) is 13.5 Å². The fourth-order valence-corrected chi connectivity index (χ4v) is 8.57. The van der Waals surface area contributed by atoms with Crippen LogP contribution in [0.5, 0.6) is 0 Å². The first kappa shape index (κ1) is 29.8. The zero-order valence-electron chi connectivity index (χ0n) is 25.1. The standard InChI is InChI=1S/C33H39F2N5O2S/c1-5-28(41)38-13-14-39(21(4)18-38)32-26-15-20(3)29(25-8-7-23(34)17-27(25)35)31-30(26)40(33(42)36-32)24(19-43-31)16-22-9-11-37(6-2)12-10-22/h5,7-8,15,17,21-22,24H,1,6,9-14,16,18-19H2,2-4H3/t21-,24-/m0/s1. The Morgan fingerprint density at radius 2 is 1.93 bits per heavy atom. The fraction of sp³-hybridized carbons (Fsp3) is 0.485. The van der Waals surface area contributed by atoms with Crippen LogP contribution >= 0.6 is 11.8 Å². The van der Waals surface area contributed by atoms with Crippen LogP contribution in [0.4, 0.5) is 14.6 Å². The molecule has 3 aromatic rings. The summed E-state index contributed by atoms with van der Waals surface area (Å²) in [6.07, 6.45) is 4.44. The molecule has 2 saturated heterocycles. The maximum Gasteiger partial charge on any atom is 0.350 e.